The van der Waals surface area contributed by atoms with E-state index >= 15 is 0 Å². The number of aromatic hydroxyl groups is 1. The minimum absolute atomic E-state index is 0.138. The van der Waals surface area contributed by atoms with Crippen LogP contribution in [-0.2, 0) is 0 Å². The first-order valence-corrected chi connectivity index (χ1v) is 11.2. The van der Waals surface area contributed by atoms with Gasteiger partial charge < -0.3 is 15.4 Å². The molecule has 7 heteroatoms. The predicted molar refractivity (Wildman–Crippen MR) is 135 cm³/mol. The second-order valence-electron chi connectivity index (χ2n) is 8.30. The molecule has 0 aliphatic rings. The summed E-state index contributed by atoms with van der Waals surface area (Å²) in [7, 11) is 0. The first kappa shape index (κ1) is 22.8. The Morgan fingerprint density at radius 3 is 2.67 bits per heavy atom. The van der Waals surface area contributed by atoms with Crippen molar-refractivity contribution >= 4 is 16.8 Å². The fourth-order valence-corrected chi connectivity index (χ4v) is 3.97. The topological polar surface area (TPSA) is 90.9 Å². The molecule has 5 aromatic rings. The van der Waals surface area contributed by atoms with Gasteiger partial charge in [-0.25, -0.2) is 9.37 Å². The number of benzene rings is 2. The first-order chi connectivity index (χ1) is 17.5. The third-order valence-electron chi connectivity index (χ3n) is 5.64. The predicted octanol–water partition coefficient (Wildman–Crippen LogP) is 5.03. The van der Waals surface area contributed by atoms with Crippen LogP contribution >= 0.6 is 0 Å². The molecule has 36 heavy (non-hydrogen) atoms. The molecule has 0 unspecified atom stereocenters. The summed E-state index contributed by atoms with van der Waals surface area (Å²) in [5.41, 5.74) is 3.81. The molecule has 0 saturated carbocycles. The van der Waals surface area contributed by atoms with Crippen molar-refractivity contribution in [1.29, 1.82) is 0 Å². The molecule has 0 spiro atoms. The van der Waals surface area contributed by atoms with Gasteiger partial charge in [0.15, 0.2) is 0 Å². The van der Waals surface area contributed by atoms with E-state index in [9.17, 15) is 14.3 Å². The van der Waals surface area contributed by atoms with Gasteiger partial charge in [0, 0.05) is 46.0 Å². The lowest BCUT2D eigenvalue weighted by atomic mass is 10.0. The third-order valence-corrected chi connectivity index (χ3v) is 5.64. The Hall–Kier alpha value is -4.96. The van der Waals surface area contributed by atoms with Crippen molar-refractivity contribution in [3.05, 3.63) is 125 Å². The average Bonchev–Trinajstić information content (AvgIpc) is 3.32. The molecule has 3 aromatic heterocycles. The van der Waals surface area contributed by atoms with Gasteiger partial charge in [0.2, 0.25) is 0 Å². The quantitative estimate of drug-likeness (QED) is 0.317. The summed E-state index contributed by atoms with van der Waals surface area (Å²) in [6.45, 7) is 1.78. The van der Waals surface area contributed by atoms with Crippen LogP contribution in [0, 0.1) is 24.6 Å². The molecular weight excluding hydrogens is 455 g/mol. The number of aromatic amines is 1. The van der Waals surface area contributed by atoms with Crippen LogP contribution in [0.1, 0.15) is 44.6 Å². The second-order valence-corrected chi connectivity index (χ2v) is 8.30. The Labute approximate surface area is 206 Å². The number of hydrogen-bond donors (Lipinski definition) is 3. The van der Waals surface area contributed by atoms with Crippen LogP contribution in [0.5, 0.6) is 5.75 Å². The van der Waals surface area contributed by atoms with Gasteiger partial charge in [-0.15, -0.1) is 0 Å². The maximum absolute atomic E-state index is 14.2. The van der Waals surface area contributed by atoms with Crippen molar-refractivity contribution in [3.63, 3.8) is 0 Å². The van der Waals surface area contributed by atoms with Gasteiger partial charge in [-0.1, -0.05) is 30.0 Å². The highest BCUT2D eigenvalue weighted by molar-refractivity contribution is 5.93. The minimum Gasteiger partial charge on any atom is -0.508 e. The number of hydrogen-bond acceptors (Lipinski definition) is 4. The Balaban J connectivity index is 1.51. The van der Waals surface area contributed by atoms with Crippen LogP contribution in [0.4, 0.5) is 4.39 Å². The van der Waals surface area contributed by atoms with Gasteiger partial charge in [0.05, 0.1) is 6.04 Å². The Kier molecular flexibility index (Phi) is 6.16. The normalized spacial score (nSPS) is 11.5. The average molecular weight is 477 g/mol. The van der Waals surface area contributed by atoms with E-state index < -0.39 is 17.8 Å². The van der Waals surface area contributed by atoms with Crippen LogP contribution in [0.3, 0.4) is 0 Å². The lowest BCUT2D eigenvalue weighted by Crippen LogP contribution is -2.30. The molecule has 176 valence electrons. The van der Waals surface area contributed by atoms with Gasteiger partial charge in [-0.05, 0) is 66.9 Å². The number of para-hydroxylation sites is 1. The van der Waals surface area contributed by atoms with Crippen LogP contribution < -0.4 is 5.32 Å². The number of aromatic nitrogens is 3. The summed E-state index contributed by atoms with van der Waals surface area (Å²) >= 11 is 0. The number of rotatable bonds is 4. The standard InChI is InChI=1S/C29H21FN4O2/c1-18-13-20(9-8-19-5-4-12-31-17-19)14-26(32-18)29(36)34-28(23-16-22(30)10-11-27(23)35)25-15-21-6-2-3-7-24(21)33-25/h2-7,10-17,28,33,35H,1H3,(H,34,36)/t28-/m0/s1. The van der Waals surface area contributed by atoms with Gasteiger partial charge in [0.25, 0.3) is 5.91 Å². The van der Waals surface area contributed by atoms with Crippen LogP contribution in [0.15, 0.2) is 85.2 Å². The molecule has 1 atom stereocenters. The lowest BCUT2D eigenvalue weighted by molar-refractivity contribution is 0.0936. The molecule has 0 radical (unpaired) electrons. The third kappa shape index (κ3) is 4.93. The second kappa shape index (κ2) is 9.72. The van der Waals surface area contributed by atoms with E-state index in [1.807, 2.05) is 36.4 Å². The maximum atomic E-state index is 14.2. The largest absolute Gasteiger partial charge is 0.508 e. The number of carbonyl (C=O) groups excluding carboxylic acids is 1. The number of aryl methyl sites for hydroxylation is 1. The van der Waals surface area contributed by atoms with Gasteiger partial charge in [0.1, 0.15) is 17.3 Å². The number of nitrogens with zero attached hydrogens (tertiary/aromatic N) is 2. The van der Waals surface area contributed by atoms with Crippen molar-refractivity contribution in [1.82, 2.24) is 20.3 Å². The van der Waals surface area contributed by atoms with E-state index in [1.165, 1.54) is 12.1 Å². The Bertz CT molecular complexity index is 1600. The Morgan fingerprint density at radius 2 is 1.86 bits per heavy atom. The molecule has 2 aromatic carbocycles. The zero-order chi connectivity index (χ0) is 25.1. The van der Waals surface area contributed by atoms with Gasteiger partial charge in [-0.3, -0.25) is 9.78 Å². The summed E-state index contributed by atoms with van der Waals surface area (Å²) in [4.78, 5) is 25.1. The zero-order valence-corrected chi connectivity index (χ0v) is 19.3. The molecule has 1 amide bonds. The van der Waals surface area contributed by atoms with Crippen LogP contribution in [0.25, 0.3) is 10.9 Å². The number of amides is 1. The number of H-pyrrole nitrogens is 1. The first-order valence-electron chi connectivity index (χ1n) is 11.2. The number of halogens is 1. The summed E-state index contributed by atoms with van der Waals surface area (Å²) in [6, 6.07) is 19.3. The number of phenols is 1. The van der Waals surface area contributed by atoms with E-state index in [1.54, 1.807) is 37.5 Å². The molecule has 0 bridgehead atoms. The molecule has 0 aliphatic carbocycles. The highest BCUT2D eigenvalue weighted by atomic mass is 19.1. The number of carbonyl (C=O) groups is 1. The molecule has 0 saturated heterocycles. The lowest BCUT2D eigenvalue weighted by Gasteiger charge is -2.19. The minimum atomic E-state index is -0.854. The van der Waals surface area contributed by atoms with Crippen LogP contribution in [0.2, 0.25) is 0 Å². The summed E-state index contributed by atoms with van der Waals surface area (Å²) in [5, 5.41) is 14.3. The number of nitrogens with one attached hydrogen (secondary N) is 2. The van der Waals surface area contributed by atoms with Crippen molar-refractivity contribution in [2.75, 3.05) is 0 Å². The number of phenolic OH excluding ortho intramolecular Hbond substituents is 1. The van der Waals surface area contributed by atoms with Crippen LogP contribution in [-0.4, -0.2) is 26.0 Å². The molecule has 5 rings (SSSR count). The van der Waals surface area contributed by atoms with Crippen molar-refractivity contribution in [3.8, 4) is 17.6 Å². The summed E-state index contributed by atoms with van der Waals surface area (Å²) < 4.78 is 14.2. The molecule has 3 heterocycles. The van der Waals surface area contributed by atoms with Crippen molar-refractivity contribution in [2.45, 2.75) is 13.0 Å². The molecular formula is C29H21FN4O2. The smallest absolute Gasteiger partial charge is 0.270 e. The van der Waals surface area contributed by atoms with E-state index in [2.05, 4.69) is 32.1 Å². The fraction of sp³-hybridized carbons (Fsp3) is 0.0690. The highest BCUT2D eigenvalue weighted by Gasteiger charge is 2.24. The Morgan fingerprint density at radius 1 is 1.03 bits per heavy atom. The molecule has 3 N–H and O–H groups in total. The van der Waals surface area contributed by atoms with E-state index in [0.29, 0.717) is 17.0 Å². The number of pyridine rings is 2. The van der Waals surface area contributed by atoms with Crippen molar-refractivity contribution in [2.24, 2.45) is 0 Å². The maximum Gasteiger partial charge on any atom is 0.270 e. The molecule has 6 nitrogen and oxygen atoms in total. The fourth-order valence-electron chi connectivity index (χ4n) is 3.97. The van der Waals surface area contributed by atoms with Gasteiger partial charge in [-0.2, -0.15) is 0 Å². The molecule has 0 aliphatic heterocycles. The monoisotopic (exact) mass is 476 g/mol. The van der Waals surface area contributed by atoms with E-state index in [-0.39, 0.29) is 17.0 Å². The van der Waals surface area contributed by atoms with E-state index in [4.69, 9.17) is 0 Å². The molecule has 0 fully saturated rings. The van der Waals surface area contributed by atoms with Crippen molar-refractivity contribution < 1.29 is 14.3 Å². The zero-order valence-electron chi connectivity index (χ0n) is 19.3. The SMILES string of the molecule is Cc1cc(C#Cc2cccnc2)cc(C(=O)N[C@H](c2cc3ccccc3[nH]2)c2cc(F)ccc2O)n1. The highest BCUT2D eigenvalue weighted by Crippen LogP contribution is 2.31. The summed E-state index contributed by atoms with van der Waals surface area (Å²) in [6.07, 6.45) is 3.33. The van der Waals surface area contributed by atoms with E-state index in [0.717, 1.165) is 22.5 Å². The summed E-state index contributed by atoms with van der Waals surface area (Å²) in [5.74, 6) is 4.91. The number of fused-ring (bicyclic) bond motifs is 1. The van der Waals surface area contributed by atoms with Gasteiger partial charge >= 0.3 is 0 Å².